The fourth-order valence-electron chi connectivity index (χ4n) is 1.88. The van der Waals surface area contributed by atoms with Crippen LogP contribution in [0.25, 0.3) is 0 Å². The molecule has 0 bridgehead atoms. The molecule has 0 aromatic heterocycles. The fourth-order valence-corrected chi connectivity index (χ4v) is 2.31. The lowest BCUT2D eigenvalue weighted by molar-refractivity contribution is 0.651. The number of hydrogen-bond acceptors (Lipinski definition) is 1. The molecule has 2 aromatic carbocycles. The maximum Gasteiger partial charge on any atom is 0.0551 e. The van der Waals surface area contributed by atoms with Gasteiger partial charge in [0.2, 0.25) is 0 Å². The van der Waals surface area contributed by atoms with Gasteiger partial charge in [0.15, 0.2) is 0 Å². The van der Waals surface area contributed by atoms with Gasteiger partial charge in [-0.1, -0.05) is 48.0 Å². The zero-order valence-electron chi connectivity index (χ0n) is 9.94. The average Bonchev–Trinajstić information content (AvgIpc) is 2.40. The molecule has 1 nitrogen and oxygen atoms in total. The minimum atomic E-state index is 0.0239. The Morgan fingerprint density at radius 1 is 1.11 bits per heavy atom. The average molecular weight is 325 g/mol. The first-order valence-corrected chi connectivity index (χ1v) is 7.08. The van der Waals surface area contributed by atoms with Crippen molar-refractivity contribution in [2.24, 2.45) is 5.73 Å². The van der Waals surface area contributed by atoms with E-state index in [1.165, 1.54) is 5.56 Å². The fraction of sp³-hybridized carbons (Fsp3) is 0.200. The van der Waals surface area contributed by atoms with E-state index in [4.69, 9.17) is 17.3 Å². The highest BCUT2D eigenvalue weighted by molar-refractivity contribution is 9.10. The summed E-state index contributed by atoms with van der Waals surface area (Å²) in [5, 5.41) is 0.711. The van der Waals surface area contributed by atoms with Crippen LogP contribution in [-0.4, -0.2) is 0 Å². The van der Waals surface area contributed by atoms with E-state index in [0.717, 1.165) is 22.9 Å². The monoisotopic (exact) mass is 323 g/mol. The molecule has 18 heavy (non-hydrogen) atoms. The van der Waals surface area contributed by atoms with Crippen LogP contribution in [0.3, 0.4) is 0 Å². The van der Waals surface area contributed by atoms with Crippen LogP contribution < -0.4 is 5.73 Å². The van der Waals surface area contributed by atoms with Crippen molar-refractivity contribution in [1.29, 1.82) is 0 Å². The third-order valence-corrected chi connectivity index (χ3v) is 4.19. The van der Waals surface area contributed by atoms with E-state index >= 15 is 0 Å². The summed E-state index contributed by atoms with van der Waals surface area (Å²) < 4.78 is 0.906. The molecule has 0 heterocycles. The smallest absolute Gasteiger partial charge is 0.0551 e. The van der Waals surface area contributed by atoms with Crippen LogP contribution in [0.4, 0.5) is 0 Å². The first-order valence-electron chi connectivity index (χ1n) is 5.91. The van der Waals surface area contributed by atoms with Gasteiger partial charge in [-0.15, -0.1) is 0 Å². The van der Waals surface area contributed by atoms with Gasteiger partial charge in [-0.2, -0.15) is 0 Å². The second-order valence-electron chi connectivity index (χ2n) is 4.30. The number of aryl methyl sites for hydroxylation is 1. The lowest BCUT2D eigenvalue weighted by Gasteiger charge is -2.13. The molecule has 2 aromatic rings. The van der Waals surface area contributed by atoms with Gasteiger partial charge in [0.25, 0.3) is 0 Å². The van der Waals surface area contributed by atoms with Crippen LogP contribution in [-0.2, 0) is 6.42 Å². The van der Waals surface area contributed by atoms with Crippen LogP contribution in [0.1, 0.15) is 23.6 Å². The zero-order chi connectivity index (χ0) is 13.0. The van der Waals surface area contributed by atoms with Crippen LogP contribution >= 0.6 is 27.5 Å². The summed E-state index contributed by atoms with van der Waals surface area (Å²) in [6.45, 7) is 0. The molecule has 0 fully saturated rings. The molecule has 0 radical (unpaired) electrons. The van der Waals surface area contributed by atoms with Gasteiger partial charge in [0.1, 0.15) is 0 Å². The zero-order valence-corrected chi connectivity index (χ0v) is 12.3. The Labute approximate surface area is 121 Å². The molecular weight excluding hydrogens is 310 g/mol. The molecule has 2 N–H and O–H groups in total. The molecule has 0 aliphatic carbocycles. The lowest BCUT2D eigenvalue weighted by Crippen LogP contribution is -2.11. The van der Waals surface area contributed by atoms with Gasteiger partial charge in [-0.3, -0.25) is 0 Å². The van der Waals surface area contributed by atoms with E-state index < -0.39 is 0 Å². The van der Waals surface area contributed by atoms with E-state index in [0.29, 0.717) is 5.02 Å². The molecule has 0 aliphatic rings. The molecule has 0 saturated carbocycles. The van der Waals surface area contributed by atoms with E-state index in [1.54, 1.807) is 0 Å². The Kier molecular flexibility index (Phi) is 4.81. The van der Waals surface area contributed by atoms with Crippen molar-refractivity contribution in [2.45, 2.75) is 18.9 Å². The Balaban J connectivity index is 1.99. The Hall–Kier alpha value is -0.830. The highest BCUT2D eigenvalue weighted by Gasteiger charge is 2.08. The minimum Gasteiger partial charge on any atom is -0.324 e. The first-order chi connectivity index (χ1) is 8.66. The number of rotatable bonds is 4. The third-order valence-electron chi connectivity index (χ3n) is 2.96. The lowest BCUT2D eigenvalue weighted by atomic mass is 10.00. The maximum atomic E-state index is 6.19. The number of nitrogens with two attached hydrogens (primary N) is 1. The van der Waals surface area contributed by atoms with Gasteiger partial charge < -0.3 is 5.73 Å². The second kappa shape index (κ2) is 6.37. The van der Waals surface area contributed by atoms with Gasteiger partial charge in [0.05, 0.1) is 5.02 Å². The molecule has 0 spiro atoms. The van der Waals surface area contributed by atoms with Gasteiger partial charge in [0, 0.05) is 10.5 Å². The highest BCUT2D eigenvalue weighted by Crippen LogP contribution is 2.26. The van der Waals surface area contributed by atoms with E-state index in [-0.39, 0.29) is 6.04 Å². The quantitative estimate of drug-likeness (QED) is 0.864. The first kappa shape index (κ1) is 13.6. The number of halogens is 2. The number of benzene rings is 2. The molecule has 3 heteroatoms. The van der Waals surface area contributed by atoms with E-state index in [1.807, 2.05) is 24.3 Å². The minimum absolute atomic E-state index is 0.0239. The Morgan fingerprint density at radius 2 is 1.83 bits per heavy atom. The SMILES string of the molecule is NC(CCc1ccccc1)c1ccc(Br)c(Cl)c1. The summed E-state index contributed by atoms with van der Waals surface area (Å²) >= 11 is 9.45. The van der Waals surface area contributed by atoms with Crippen molar-refractivity contribution < 1.29 is 0 Å². The van der Waals surface area contributed by atoms with E-state index in [2.05, 4.69) is 40.2 Å². The van der Waals surface area contributed by atoms with E-state index in [9.17, 15) is 0 Å². The molecule has 94 valence electrons. The molecule has 0 saturated heterocycles. The van der Waals surface area contributed by atoms with Crippen molar-refractivity contribution in [3.63, 3.8) is 0 Å². The molecule has 1 unspecified atom stereocenters. The Morgan fingerprint density at radius 3 is 2.50 bits per heavy atom. The summed E-state index contributed by atoms with van der Waals surface area (Å²) in [7, 11) is 0. The highest BCUT2D eigenvalue weighted by atomic mass is 79.9. The summed E-state index contributed by atoms with van der Waals surface area (Å²) in [5.74, 6) is 0. The normalized spacial score (nSPS) is 12.4. The topological polar surface area (TPSA) is 26.0 Å². The van der Waals surface area contributed by atoms with Crippen LogP contribution in [0, 0.1) is 0 Å². The summed E-state index contributed by atoms with van der Waals surface area (Å²) in [6, 6.07) is 16.3. The van der Waals surface area contributed by atoms with Gasteiger partial charge >= 0.3 is 0 Å². The van der Waals surface area contributed by atoms with Crippen molar-refractivity contribution in [1.82, 2.24) is 0 Å². The predicted octanol–water partition coefficient (Wildman–Crippen LogP) is 4.74. The van der Waals surface area contributed by atoms with Crippen molar-refractivity contribution in [3.05, 3.63) is 69.2 Å². The van der Waals surface area contributed by atoms with Crippen LogP contribution in [0.15, 0.2) is 53.0 Å². The molecule has 0 aliphatic heterocycles. The Bertz CT molecular complexity index is 513. The second-order valence-corrected chi connectivity index (χ2v) is 5.57. The molecule has 2 rings (SSSR count). The molecule has 1 atom stereocenters. The summed E-state index contributed by atoms with van der Waals surface area (Å²) in [6.07, 6.45) is 1.90. The van der Waals surface area contributed by atoms with Crippen LogP contribution in [0.5, 0.6) is 0 Å². The maximum absolute atomic E-state index is 6.19. The van der Waals surface area contributed by atoms with Crippen LogP contribution in [0.2, 0.25) is 5.02 Å². The molecular formula is C15H15BrClN. The third kappa shape index (κ3) is 3.58. The molecule has 0 amide bonds. The predicted molar refractivity (Wildman–Crippen MR) is 80.8 cm³/mol. The largest absolute Gasteiger partial charge is 0.324 e. The standard InChI is InChI=1S/C15H15BrClN/c16-13-8-7-12(10-14(13)17)15(18)9-6-11-4-2-1-3-5-11/h1-5,7-8,10,15H,6,9,18H2. The van der Waals surface area contributed by atoms with Crippen molar-refractivity contribution in [2.75, 3.05) is 0 Å². The summed E-state index contributed by atoms with van der Waals surface area (Å²) in [4.78, 5) is 0. The van der Waals surface area contributed by atoms with Gasteiger partial charge in [-0.05, 0) is 52.0 Å². The summed E-state index contributed by atoms with van der Waals surface area (Å²) in [5.41, 5.74) is 8.59. The van der Waals surface area contributed by atoms with Crippen molar-refractivity contribution >= 4 is 27.5 Å². The van der Waals surface area contributed by atoms with Crippen molar-refractivity contribution in [3.8, 4) is 0 Å². The van der Waals surface area contributed by atoms with Gasteiger partial charge in [-0.25, -0.2) is 0 Å². The number of hydrogen-bond donors (Lipinski definition) is 1.